The molecule has 3 rings (SSSR count). The Bertz CT molecular complexity index is 989. The van der Waals surface area contributed by atoms with Crippen molar-refractivity contribution < 1.29 is 23.9 Å². The van der Waals surface area contributed by atoms with Crippen LogP contribution < -0.4 is 20.4 Å². The summed E-state index contributed by atoms with van der Waals surface area (Å²) in [6.45, 7) is 0. The van der Waals surface area contributed by atoms with Gasteiger partial charge >= 0.3 is 6.03 Å². The number of imide groups is 2. The minimum Gasteiger partial charge on any atom is -0.497 e. The molecule has 0 radical (unpaired) electrons. The van der Waals surface area contributed by atoms with E-state index in [4.69, 9.17) is 4.74 Å². The maximum absolute atomic E-state index is 12.7. The normalized spacial score (nSPS) is 16.7. The van der Waals surface area contributed by atoms with E-state index in [2.05, 4.69) is 31.8 Å². The molecule has 9 nitrogen and oxygen atoms in total. The van der Waals surface area contributed by atoms with Crippen LogP contribution in [0.2, 0.25) is 0 Å². The van der Waals surface area contributed by atoms with Crippen molar-refractivity contribution in [2.24, 2.45) is 11.0 Å². The molecule has 0 spiro atoms. The summed E-state index contributed by atoms with van der Waals surface area (Å²) in [5.41, 5.74) is 2.86. The van der Waals surface area contributed by atoms with Crippen LogP contribution in [0.15, 0.2) is 58.1 Å². The molecule has 1 saturated heterocycles. The number of ether oxygens (including phenoxy) is 1. The molecule has 0 aliphatic carbocycles. The molecule has 0 aromatic heterocycles. The van der Waals surface area contributed by atoms with Gasteiger partial charge in [0.05, 0.1) is 12.8 Å². The number of anilines is 1. The van der Waals surface area contributed by atoms with Crippen LogP contribution in [0.4, 0.5) is 10.5 Å². The Morgan fingerprint density at radius 2 is 1.79 bits per heavy atom. The third-order valence-electron chi connectivity index (χ3n) is 4.03. The predicted octanol–water partition coefficient (Wildman–Crippen LogP) is 2.07. The molecule has 0 saturated carbocycles. The number of carbonyl (C=O) groups is 4. The standard InChI is InChI=1S/C19H15BrN4O5/c1-29-14-8-2-11(3-9-14)16(25)23-21-10-15-17(26)22-19(28)24(18(15)27)13-6-4-12(20)5-7-13/h2-10,15H,1H3,(H,23,25)(H,22,26,28)/b21-10-/t15-/m0/s1. The maximum Gasteiger partial charge on any atom is 0.335 e. The van der Waals surface area contributed by atoms with Crippen LogP contribution >= 0.6 is 15.9 Å². The zero-order valence-electron chi connectivity index (χ0n) is 15.1. The van der Waals surface area contributed by atoms with Crippen molar-refractivity contribution in [3.8, 4) is 5.75 Å². The van der Waals surface area contributed by atoms with Gasteiger partial charge in [0.1, 0.15) is 5.75 Å². The second-order valence-corrected chi connectivity index (χ2v) is 6.79. The summed E-state index contributed by atoms with van der Waals surface area (Å²) in [5.74, 6) is -2.91. The number of hydrogen-bond acceptors (Lipinski definition) is 6. The van der Waals surface area contributed by atoms with E-state index in [0.717, 1.165) is 15.6 Å². The molecule has 2 aromatic carbocycles. The molecule has 148 valence electrons. The molecule has 1 aliphatic heterocycles. The number of rotatable bonds is 5. The highest BCUT2D eigenvalue weighted by Crippen LogP contribution is 2.22. The predicted molar refractivity (Wildman–Crippen MR) is 108 cm³/mol. The molecular weight excluding hydrogens is 444 g/mol. The van der Waals surface area contributed by atoms with Crippen molar-refractivity contribution in [1.29, 1.82) is 0 Å². The molecular formula is C19H15BrN4O5. The Balaban J connectivity index is 1.72. The first kappa shape index (κ1) is 20.2. The molecule has 10 heteroatoms. The van der Waals surface area contributed by atoms with Gasteiger partial charge in [0.15, 0.2) is 5.92 Å². The van der Waals surface area contributed by atoms with E-state index in [0.29, 0.717) is 17.0 Å². The first-order chi connectivity index (χ1) is 13.9. The van der Waals surface area contributed by atoms with E-state index in [1.165, 1.54) is 19.2 Å². The van der Waals surface area contributed by atoms with Crippen LogP contribution in [0.3, 0.4) is 0 Å². The van der Waals surface area contributed by atoms with Crippen molar-refractivity contribution in [2.45, 2.75) is 0 Å². The molecule has 1 fully saturated rings. The molecule has 0 bridgehead atoms. The van der Waals surface area contributed by atoms with Crippen LogP contribution in [0.5, 0.6) is 5.75 Å². The van der Waals surface area contributed by atoms with Gasteiger partial charge < -0.3 is 4.74 Å². The van der Waals surface area contributed by atoms with Crippen LogP contribution in [-0.2, 0) is 9.59 Å². The molecule has 0 unspecified atom stereocenters. The Morgan fingerprint density at radius 3 is 2.41 bits per heavy atom. The first-order valence-electron chi connectivity index (χ1n) is 8.32. The molecule has 1 aliphatic rings. The van der Waals surface area contributed by atoms with E-state index >= 15 is 0 Å². The Morgan fingerprint density at radius 1 is 1.14 bits per heavy atom. The van der Waals surface area contributed by atoms with Crippen LogP contribution in [-0.4, -0.2) is 37.1 Å². The lowest BCUT2D eigenvalue weighted by molar-refractivity contribution is -0.131. The number of nitrogens with one attached hydrogen (secondary N) is 2. The number of hydrogen-bond donors (Lipinski definition) is 2. The minimum absolute atomic E-state index is 0.295. The van der Waals surface area contributed by atoms with Gasteiger partial charge in [-0.1, -0.05) is 15.9 Å². The molecule has 5 amide bonds. The third kappa shape index (κ3) is 4.49. The molecule has 2 N–H and O–H groups in total. The summed E-state index contributed by atoms with van der Waals surface area (Å²) in [4.78, 5) is 49.8. The fourth-order valence-corrected chi connectivity index (χ4v) is 2.80. The maximum atomic E-state index is 12.7. The Labute approximate surface area is 173 Å². The molecule has 29 heavy (non-hydrogen) atoms. The molecule has 1 heterocycles. The monoisotopic (exact) mass is 458 g/mol. The summed E-state index contributed by atoms with van der Waals surface area (Å²) in [5, 5.41) is 5.80. The summed E-state index contributed by atoms with van der Waals surface area (Å²) in [6, 6.07) is 11.9. The first-order valence-corrected chi connectivity index (χ1v) is 9.12. The van der Waals surface area contributed by atoms with Gasteiger partial charge in [0.25, 0.3) is 11.8 Å². The molecule has 2 aromatic rings. The van der Waals surface area contributed by atoms with Gasteiger partial charge in [-0.05, 0) is 48.5 Å². The lowest BCUT2D eigenvalue weighted by Gasteiger charge is -2.28. The van der Waals surface area contributed by atoms with Crippen molar-refractivity contribution in [3.63, 3.8) is 0 Å². The zero-order chi connectivity index (χ0) is 21.0. The van der Waals surface area contributed by atoms with E-state index in [9.17, 15) is 19.2 Å². The Hall–Kier alpha value is -3.53. The number of carbonyl (C=O) groups excluding carboxylic acids is 4. The fraction of sp³-hybridized carbons (Fsp3) is 0.105. The van der Waals surface area contributed by atoms with Crippen molar-refractivity contribution >= 4 is 51.6 Å². The number of halogens is 1. The lowest BCUT2D eigenvalue weighted by Crippen LogP contribution is -2.58. The number of amides is 5. The van der Waals surface area contributed by atoms with Gasteiger partial charge in [-0.25, -0.2) is 15.1 Å². The number of nitrogens with zero attached hydrogens (tertiary/aromatic N) is 2. The second kappa shape index (κ2) is 8.65. The smallest absolute Gasteiger partial charge is 0.335 e. The van der Waals surface area contributed by atoms with E-state index < -0.39 is 29.7 Å². The summed E-state index contributed by atoms with van der Waals surface area (Å²) >= 11 is 3.27. The van der Waals surface area contributed by atoms with E-state index in [1.54, 1.807) is 36.4 Å². The largest absolute Gasteiger partial charge is 0.497 e. The van der Waals surface area contributed by atoms with Crippen LogP contribution in [0.25, 0.3) is 0 Å². The van der Waals surface area contributed by atoms with Gasteiger partial charge in [-0.2, -0.15) is 5.10 Å². The average Bonchev–Trinajstić information content (AvgIpc) is 2.71. The van der Waals surface area contributed by atoms with Gasteiger partial charge in [-0.3, -0.25) is 19.7 Å². The Kier molecular flexibility index (Phi) is 6.03. The topological polar surface area (TPSA) is 117 Å². The highest BCUT2D eigenvalue weighted by molar-refractivity contribution is 9.10. The van der Waals surface area contributed by atoms with Crippen molar-refractivity contribution in [1.82, 2.24) is 10.7 Å². The second-order valence-electron chi connectivity index (χ2n) is 5.87. The average molecular weight is 459 g/mol. The van der Waals surface area contributed by atoms with Gasteiger partial charge in [0.2, 0.25) is 5.91 Å². The van der Waals surface area contributed by atoms with Crippen LogP contribution in [0, 0.1) is 5.92 Å². The summed E-state index contributed by atoms with van der Waals surface area (Å²) in [7, 11) is 1.51. The molecule has 1 atom stereocenters. The highest BCUT2D eigenvalue weighted by Gasteiger charge is 2.40. The number of methoxy groups -OCH3 is 1. The number of hydrazone groups is 1. The van der Waals surface area contributed by atoms with Crippen molar-refractivity contribution in [3.05, 3.63) is 58.6 Å². The quantitative estimate of drug-likeness (QED) is 0.404. The lowest BCUT2D eigenvalue weighted by atomic mass is 10.1. The SMILES string of the molecule is COc1ccc(C(=O)N/N=C\[C@H]2C(=O)NC(=O)N(c3ccc(Br)cc3)C2=O)cc1. The third-order valence-corrected chi connectivity index (χ3v) is 4.56. The number of urea groups is 1. The highest BCUT2D eigenvalue weighted by atomic mass is 79.9. The van der Waals surface area contributed by atoms with Crippen LogP contribution in [0.1, 0.15) is 10.4 Å². The minimum atomic E-state index is -1.37. The van der Waals surface area contributed by atoms with Gasteiger partial charge in [-0.15, -0.1) is 0 Å². The number of benzene rings is 2. The summed E-state index contributed by atoms with van der Waals surface area (Å²) < 4.78 is 5.78. The fourth-order valence-electron chi connectivity index (χ4n) is 2.53. The number of barbiturate groups is 1. The zero-order valence-corrected chi connectivity index (χ0v) is 16.7. The summed E-state index contributed by atoms with van der Waals surface area (Å²) in [6.07, 6.45) is 0.984. The van der Waals surface area contributed by atoms with Crippen molar-refractivity contribution in [2.75, 3.05) is 12.0 Å². The van der Waals surface area contributed by atoms with E-state index in [-0.39, 0.29) is 0 Å². The van der Waals surface area contributed by atoms with E-state index in [1.807, 2.05) is 0 Å². The van der Waals surface area contributed by atoms with Gasteiger partial charge in [0, 0.05) is 16.3 Å².